The molecule has 2 aromatic rings. The second kappa shape index (κ2) is 7.77. The van der Waals surface area contributed by atoms with E-state index in [0.29, 0.717) is 24.7 Å². The van der Waals surface area contributed by atoms with Gasteiger partial charge in [-0.15, -0.1) is 11.8 Å². The largest absolute Gasteiger partial charge is 0.486 e. The third-order valence-electron chi connectivity index (χ3n) is 3.52. The Morgan fingerprint density at radius 1 is 1.15 bits per heavy atom. The third-order valence-corrected chi connectivity index (χ3v) is 5.96. The fraction of sp³-hybridized carbons (Fsp3) is 0.235. The Bertz CT molecular complexity index is 946. The molecule has 0 radical (unpaired) electrons. The zero-order valence-electron chi connectivity index (χ0n) is 13.8. The Morgan fingerprint density at radius 2 is 1.88 bits per heavy atom. The molecular formula is C17H16ClNO5S2. The number of fused-ring (bicyclic) bond motifs is 1. The van der Waals surface area contributed by atoms with E-state index in [1.165, 1.54) is 30.0 Å². The van der Waals surface area contributed by atoms with Crippen LogP contribution in [-0.2, 0) is 14.6 Å². The Kier molecular flexibility index (Phi) is 5.64. The molecule has 2 aromatic carbocycles. The van der Waals surface area contributed by atoms with E-state index < -0.39 is 9.84 Å². The van der Waals surface area contributed by atoms with Crippen LogP contribution in [0.25, 0.3) is 0 Å². The smallest absolute Gasteiger partial charge is 0.234 e. The molecule has 1 amide bonds. The number of rotatable bonds is 5. The number of amides is 1. The standard InChI is InChI=1S/C17H16ClNO5S2/c1-26(21,22)12-3-4-13(18)14(9-12)19-17(20)10-25-11-2-5-15-16(8-11)24-7-6-23-15/h2-5,8-9H,6-7,10H2,1H3,(H,19,20). The van der Waals surface area contributed by atoms with Crippen LogP contribution in [0.5, 0.6) is 11.5 Å². The molecule has 1 aliphatic rings. The molecule has 0 saturated carbocycles. The zero-order valence-corrected chi connectivity index (χ0v) is 16.2. The van der Waals surface area contributed by atoms with Crippen LogP contribution < -0.4 is 14.8 Å². The number of halogens is 1. The van der Waals surface area contributed by atoms with Gasteiger partial charge in [0.1, 0.15) is 13.2 Å². The number of thioether (sulfide) groups is 1. The predicted molar refractivity (Wildman–Crippen MR) is 101 cm³/mol. The fourth-order valence-corrected chi connectivity index (χ4v) is 3.82. The number of anilines is 1. The minimum absolute atomic E-state index is 0.0942. The van der Waals surface area contributed by atoms with Gasteiger partial charge in [0.15, 0.2) is 21.3 Å². The molecule has 0 aliphatic carbocycles. The Morgan fingerprint density at radius 3 is 2.62 bits per heavy atom. The van der Waals surface area contributed by atoms with E-state index in [1.54, 1.807) is 6.07 Å². The van der Waals surface area contributed by atoms with E-state index in [-0.39, 0.29) is 27.3 Å². The molecule has 26 heavy (non-hydrogen) atoms. The SMILES string of the molecule is CS(=O)(=O)c1ccc(Cl)c(NC(=O)CSc2ccc3c(c2)OCCO3)c1. The van der Waals surface area contributed by atoms with Crippen molar-refractivity contribution in [1.29, 1.82) is 0 Å². The lowest BCUT2D eigenvalue weighted by molar-refractivity contribution is -0.113. The highest BCUT2D eigenvalue weighted by Crippen LogP contribution is 2.34. The molecule has 0 fully saturated rings. The molecule has 0 spiro atoms. The molecule has 1 heterocycles. The van der Waals surface area contributed by atoms with E-state index in [0.717, 1.165) is 11.2 Å². The molecule has 138 valence electrons. The summed E-state index contributed by atoms with van der Waals surface area (Å²) in [5, 5.41) is 2.92. The lowest BCUT2D eigenvalue weighted by Gasteiger charge is -2.18. The van der Waals surface area contributed by atoms with Gasteiger partial charge in [-0.3, -0.25) is 4.79 Å². The van der Waals surface area contributed by atoms with Crippen molar-refractivity contribution in [2.24, 2.45) is 0 Å². The maximum Gasteiger partial charge on any atom is 0.234 e. The van der Waals surface area contributed by atoms with Crippen LogP contribution in [0.2, 0.25) is 5.02 Å². The maximum atomic E-state index is 12.2. The van der Waals surface area contributed by atoms with Crippen LogP contribution in [0.15, 0.2) is 46.2 Å². The summed E-state index contributed by atoms with van der Waals surface area (Å²) in [5.74, 6) is 1.19. The fourth-order valence-electron chi connectivity index (χ4n) is 2.28. The average molecular weight is 414 g/mol. The molecule has 1 N–H and O–H groups in total. The summed E-state index contributed by atoms with van der Waals surface area (Å²) in [6.45, 7) is 1.02. The van der Waals surface area contributed by atoms with Crippen molar-refractivity contribution in [1.82, 2.24) is 0 Å². The summed E-state index contributed by atoms with van der Waals surface area (Å²) in [6.07, 6.45) is 1.10. The highest BCUT2D eigenvalue weighted by molar-refractivity contribution is 8.00. The quantitative estimate of drug-likeness (QED) is 0.758. The highest BCUT2D eigenvalue weighted by atomic mass is 35.5. The number of hydrogen-bond acceptors (Lipinski definition) is 6. The molecule has 6 nitrogen and oxygen atoms in total. The van der Waals surface area contributed by atoms with Crippen LogP contribution in [0.1, 0.15) is 0 Å². The van der Waals surface area contributed by atoms with E-state index >= 15 is 0 Å². The summed E-state index contributed by atoms with van der Waals surface area (Å²) in [5.41, 5.74) is 0.266. The van der Waals surface area contributed by atoms with Gasteiger partial charge in [-0.1, -0.05) is 11.6 Å². The third kappa shape index (κ3) is 4.63. The molecule has 3 rings (SSSR count). The maximum absolute atomic E-state index is 12.2. The molecule has 0 saturated heterocycles. The molecule has 0 bridgehead atoms. The van der Waals surface area contributed by atoms with Crippen molar-refractivity contribution >= 4 is 44.8 Å². The van der Waals surface area contributed by atoms with Gasteiger partial charge in [0, 0.05) is 11.2 Å². The van der Waals surface area contributed by atoms with Crippen molar-refractivity contribution in [2.75, 3.05) is 30.5 Å². The van der Waals surface area contributed by atoms with Crippen molar-refractivity contribution < 1.29 is 22.7 Å². The Labute approximate surface area is 160 Å². The van der Waals surface area contributed by atoms with Gasteiger partial charge in [0.05, 0.1) is 21.4 Å². The topological polar surface area (TPSA) is 81.7 Å². The first kappa shape index (κ1) is 18.9. The Balaban J connectivity index is 1.64. The summed E-state index contributed by atoms with van der Waals surface area (Å²) >= 11 is 7.37. The van der Waals surface area contributed by atoms with Gasteiger partial charge < -0.3 is 14.8 Å². The van der Waals surface area contributed by atoms with Crippen LogP contribution in [0.4, 0.5) is 5.69 Å². The summed E-state index contributed by atoms with van der Waals surface area (Å²) in [7, 11) is -3.38. The predicted octanol–water partition coefficient (Wildman–Crippen LogP) is 3.25. The minimum Gasteiger partial charge on any atom is -0.486 e. The van der Waals surface area contributed by atoms with Gasteiger partial charge in [0.25, 0.3) is 0 Å². The van der Waals surface area contributed by atoms with Crippen molar-refractivity contribution in [3.63, 3.8) is 0 Å². The first-order chi connectivity index (χ1) is 12.3. The first-order valence-corrected chi connectivity index (χ1v) is 10.9. The number of nitrogens with one attached hydrogen (secondary N) is 1. The van der Waals surface area contributed by atoms with Crippen molar-refractivity contribution in [3.05, 3.63) is 41.4 Å². The van der Waals surface area contributed by atoms with Gasteiger partial charge >= 0.3 is 0 Å². The highest BCUT2D eigenvalue weighted by Gasteiger charge is 2.14. The number of sulfone groups is 1. The molecule has 0 aromatic heterocycles. The van der Waals surface area contributed by atoms with E-state index in [2.05, 4.69) is 5.32 Å². The van der Waals surface area contributed by atoms with E-state index in [4.69, 9.17) is 21.1 Å². The van der Waals surface area contributed by atoms with Crippen molar-refractivity contribution in [2.45, 2.75) is 9.79 Å². The van der Waals surface area contributed by atoms with E-state index in [9.17, 15) is 13.2 Å². The number of carbonyl (C=O) groups excluding carboxylic acids is 1. The van der Waals surface area contributed by atoms with Crippen LogP contribution in [-0.4, -0.2) is 39.5 Å². The average Bonchev–Trinajstić information content (AvgIpc) is 2.60. The first-order valence-electron chi connectivity index (χ1n) is 7.65. The minimum atomic E-state index is -3.38. The number of hydrogen-bond donors (Lipinski definition) is 1. The monoisotopic (exact) mass is 413 g/mol. The number of ether oxygens (including phenoxy) is 2. The molecule has 0 atom stereocenters. The molecule has 1 aliphatic heterocycles. The van der Waals surface area contributed by atoms with Crippen LogP contribution in [0, 0.1) is 0 Å². The summed E-state index contributed by atoms with van der Waals surface area (Å²) in [4.78, 5) is 13.1. The van der Waals surface area contributed by atoms with Crippen molar-refractivity contribution in [3.8, 4) is 11.5 Å². The van der Waals surface area contributed by atoms with E-state index in [1.807, 2.05) is 12.1 Å². The normalized spacial score (nSPS) is 13.3. The summed E-state index contributed by atoms with van der Waals surface area (Å²) < 4.78 is 34.2. The summed E-state index contributed by atoms with van der Waals surface area (Å²) in [6, 6.07) is 9.68. The Hall–Kier alpha value is -1.90. The molecule has 0 unspecified atom stereocenters. The number of carbonyl (C=O) groups is 1. The second-order valence-corrected chi connectivity index (χ2v) is 9.03. The zero-order chi connectivity index (χ0) is 18.7. The second-order valence-electron chi connectivity index (χ2n) is 5.56. The lowest BCUT2D eigenvalue weighted by atomic mass is 10.3. The van der Waals surface area contributed by atoms with Gasteiger partial charge in [0.2, 0.25) is 5.91 Å². The van der Waals surface area contributed by atoms with Gasteiger partial charge in [-0.05, 0) is 36.4 Å². The van der Waals surface area contributed by atoms with Gasteiger partial charge in [-0.2, -0.15) is 0 Å². The number of benzene rings is 2. The van der Waals surface area contributed by atoms with Crippen LogP contribution in [0.3, 0.4) is 0 Å². The lowest BCUT2D eigenvalue weighted by Crippen LogP contribution is -2.16. The van der Waals surface area contributed by atoms with Gasteiger partial charge in [-0.25, -0.2) is 8.42 Å². The van der Waals surface area contributed by atoms with Crippen LogP contribution >= 0.6 is 23.4 Å². The molecule has 9 heteroatoms. The molecular weight excluding hydrogens is 398 g/mol.